The van der Waals surface area contributed by atoms with E-state index in [1.54, 1.807) is 12.1 Å². The zero-order chi connectivity index (χ0) is 15.3. The van der Waals surface area contributed by atoms with E-state index >= 15 is 0 Å². The quantitative estimate of drug-likeness (QED) is 0.834. The summed E-state index contributed by atoms with van der Waals surface area (Å²) in [5, 5.41) is 11.1. The molecule has 0 fully saturated rings. The largest absolute Gasteiger partial charge is 0.479 e. The monoisotopic (exact) mass is 371 g/mol. The molecule has 0 aliphatic rings. The van der Waals surface area contributed by atoms with Crippen LogP contribution in [0, 0.1) is 0 Å². The van der Waals surface area contributed by atoms with Crippen molar-refractivity contribution in [2.75, 3.05) is 5.75 Å². The summed E-state index contributed by atoms with van der Waals surface area (Å²) in [6, 6.07) is 4.67. The molecule has 0 radical (unpaired) electrons. The minimum atomic E-state index is -4.53. The highest BCUT2D eigenvalue weighted by Gasteiger charge is 2.30. The van der Waals surface area contributed by atoms with E-state index in [9.17, 15) is 22.8 Å². The number of carbonyl (C=O) groups excluding carboxylic acids is 1. The van der Waals surface area contributed by atoms with Gasteiger partial charge in [0.05, 0.1) is 5.75 Å². The smallest absolute Gasteiger partial charge is 0.442 e. The van der Waals surface area contributed by atoms with Crippen LogP contribution in [0.5, 0.6) is 0 Å². The summed E-state index contributed by atoms with van der Waals surface area (Å²) in [4.78, 5) is 22.4. The molecule has 1 unspecified atom stereocenters. The van der Waals surface area contributed by atoms with Crippen molar-refractivity contribution in [3.05, 3.63) is 34.3 Å². The van der Waals surface area contributed by atoms with E-state index in [4.69, 9.17) is 5.11 Å². The van der Waals surface area contributed by atoms with E-state index in [2.05, 4.69) is 21.2 Å². The predicted octanol–water partition coefficient (Wildman–Crippen LogP) is 2.94. The summed E-state index contributed by atoms with van der Waals surface area (Å²) in [5.74, 6) is -3.23. The van der Waals surface area contributed by atoms with Crippen LogP contribution in [-0.2, 0) is 9.59 Å². The summed E-state index contributed by atoms with van der Waals surface area (Å²) in [6.07, 6.45) is 0. The molecule has 0 aliphatic carbocycles. The maximum absolute atomic E-state index is 11.9. The number of rotatable bonds is 5. The lowest BCUT2D eigenvalue weighted by atomic mass is 10.1. The second-order valence-electron chi connectivity index (χ2n) is 3.62. The van der Waals surface area contributed by atoms with Crippen LogP contribution in [0.1, 0.15) is 11.6 Å². The Labute approximate surface area is 124 Å². The van der Waals surface area contributed by atoms with Crippen LogP contribution in [0.3, 0.4) is 0 Å². The van der Waals surface area contributed by atoms with E-state index < -0.39 is 40.9 Å². The van der Waals surface area contributed by atoms with Crippen molar-refractivity contribution in [1.82, 2.24) is 5.32 Å². The molecule has 1 amide bonds. The van der Waals surface area contributed by atoms with Crippen molar-refractivity contribution in [2.45, 2.75) is 11.6 Å². The Morgan fingerprint density at radius 1 is 1.30 bits per heavy atom. The number of alkyl halides is 3. The molecule has 9 heteroatoms. The van der Waals surface area contributed by atoms with Gasteiger partial charge in [-0.25, -0.2) is 4.79 Å². The Morgan fingerprint density at radius 3 is 2.30 bits per heavy atom. The molecule has 1 aromatic rings. The van der Waals surface area contributed by atoms with Gasteiger partial charge in [0.25, 0.3) is 0 Å². The van der Waals surface area contributed by atoms with Crippen molar-refractivity contribution < 1.29 is 27.9 Å². The first kappa shape index (κ1) is 16.8. The summed E-state index contributed by atoms with van der Waals surface area (Å²) < 4.78 is 36.5. The Kier molecular flexibility index (Phi) is 5.88. The van der Waals surface area contributed by atoms with Crippen molar-refractivity contribution >= 4 is 39.6 Å². The van der Waals surface area contributed by atoms with Crippen molar-refractivity contribution in [3.8, 4) is 0 Å². The number of halogens is 4. The van der Waals surface area contributed by atoms with E-state index in [-0.39, 0.29) is 5.56 Å². The molecule has 1 rings (SSSR count). The second kappa shape index (κ2) is 6.98. The number of carboxylic acids is 1. The Morgan fingerprint density at radius 2 is 1.85 bits per heavy atom. The molecule has 0 bridgehead atoms. The van der Waals surface area contributed by atoms with Gasteiger partial charge in [-0.3, -0.25) is 4.79 Å². The number of carboxylic acid groups (broad SMARTS) is 1. The van der Waals surface area contributed by atoms with E-state index in [1.165, 1.54) is 12.1 Å². The third-order valence-electron chi connectivity index (χ3n) is 2.12. The van der Waals surface area contributed by atoms with E-state index in [0.717, 1.165) is 0 Å². The number of hydrogen-bond acceptors (Lipinski definition) is 3. The number of carbonyl (C=O) groups is 2. The van der Waals surface area contributed by atoms with Crippen LogP contribution in [0.25, 0.3) is 0 Å². The second-order valence-corrected chi connectivity index (χ2v) is 5.58. The molecular weight excluding hydrogens is 363 g/mol. The third kappa shape index (κ3) is 5.83. The maximum atomic E-state index is 11.9. The lowest BCUT2D eigenvalue weighted by Gasteiger charge is -2.15. The number of thioether (sulfide) groups is 1. The highest BCUT2D eigenvalue weighted by molar-refractivity contribution is 9.10. The highest BCUT2D eigenvalue weighted by atomic mass is 79.9. The van der Waals surface area contributed by atoms with Gasteiger partial charge in [0.1, 0.15) is 0 Å². The SMILES string of the molecule is O=C(CSC(F)(F)F)NC(C(=O)O)c1ccc(Br)cc1. The fraction of sp³-hybridized carbons (Fsp3) is 0.273. The van der Waals surface area contributed by atoms with Crippen LogP contribution < -0.4 is 5.32 Å². The number of nitrogens with one attached hydrogen (secondary N) is 1. The van der Waals surface area contributed by atoms with Gasteiger partial charge in [-0.1, -0.05) is 28.1 Å². The molecule has 0 aromatic heterocycles. The Balaban J connectivity index is 2.71. The lowest BCUT2D eigenvalue weighted by molar-refractivity contribution is -0.141. The van der Waals surface area contributed by atoms with Gasteiger partial charge in [-0.15, -0.1) is 0 Å². The van der Waals surface area contributed by atoms with Gasteiger partial charge >= 0.3 is 11.5 Å². The van der Waals surface area contributed by atoms with Gasteiger partial charge < -0.3 is 10.4 Å². The molecule has 0 heterocycles. The average molecular weight is 372 g/mol. The van der Waals surface area contributed by atoms with Gasteiger partial charge in [0, 0.05) is 4.47 Å². The molecule has 0 saturated heterocycles. The third-order valence-corrected chi connectivity index (χ3v) is 3.39. The normalized spacial score (nSPS) is 12.8. The Hall–Kier alpha value is -1.22. The minimum absolute atomic E-state index is 0.269. The Bertz CT molecular complexity index is 493. The highest BCUT2D eigenvalue weighted by Crippen LogP contribution is 2.29. The fourth-order valence-electron chi connectivity index (χ4n) is 1.29. The van der Waals surface area contributed by atoms with Gasteiger partial charge in [0.15, 0.2) is 6.04 Å². The van der Waals surface area contributed by atoms with Crippen LogP contribution in [0.15, 0.2) is 28.7 Å². The summed E-state index contributed by atoms with van der Waals surface area (Å²) in [7, 11) is 0. The molecular formula is C11H9BrF3NO3S. The lowest BCUT2D eigenvalue weighted by Crippen LogP contribution is -2.35. The summed E-state index contributed by atoms with van der Waals surface area (Å²) in [6.45, 7) is 0. The van der Waals surface area contributed by atoms with E-state index in [1.807, 2.05) is 0 Å². The number of hydrogen-bond donors (Lipinski definition) is 2. The average Bonchev–Trinajstić information content (AvgIpc) is 2.33. The van der Waals surface area contributed by atoms with Gasteiger partial charge in [0.2, 0.25) is 5.91 Å². The number of aliphatic carboxylic acids is 1. The molecule has 1 aromatic carbocycles. The molecule has 110 valence electrons. The van der Waals surface area contributed by atoms with Crippen LogP contribution in [-0.4, -0.2) is 28.2 Å². The summed E-state index contributed by atoms with van der Waals surface area (Å²) >= 11 is 2.65. The molecule has 4 nitrogen and oxygen atoms in total. The summed E-state index contributed by atoms with van der Waals surface area (Å²) in [5.41, 5.74) is -4.26. The fourth-order valence-corrected chi connectivity index (χ4v) is 1.94. The zero-order valence-corrected chi connectivity index (χ0v) is 12.2. The topological polar surface area (TPSA) is 66.4 Å². The standard InChI is InChI=1S/C11H9BrF3NO3S/c12-7-3-1-6(2-4-7)9(10(18)19)16-8(17)5-20-11(13,14)15/h1-4,9H,5H2,(H,16,17)(H,18,19). The van der Waals surface area contributed by atoms with Crippen molar-refractivity contribution in [2.24, 2.45) is 0 Å². The molecule has 2 N–H and O–H groups in total. The predicted molar refractivity (Wildman–Crippen MR) is 71.2 cm³/mol. The maximum Gasteiger partial charge on any atom is 0.442 e. The number of benzene rings is 1. The minimum Gasteiger partial charge on any atom is -0.479 e. The molecule has 1 atom stereocenters. The molecule has 20 heavy (non-hydrogen) atoms. The zero-order valence-electron chi connectivity index (χ0n) is 9.78. The first-order valence-electron chi connectivity index (χ1n) is 5.17. The van der Waals surface area contributed by atoms with Gasteiger partial charge in [-0.2, -0.15) is 13.2 Å². The molecule has 0 saturated carbocycles. The molecule has 0 spiro atoms. The first-order chi connectivity index (χ1) is 9.19. The van der Waals surface area contributed by atoms with Crippen LogP contribution in [0.4, 0.5) is 13.2 Å². The van der Waals surface area contributed by atoms with E-state index in [0.29, 0.717) is 4.47 Å². The first-order valence-corrected chi connectivity index (χ1v) is 6.95. The van der Waals surface area contributed by atoms with Crippen LogP contribution >= 0.6 is 27.7 Å². The molecule has 0 aliphatic heterocycles. The van der Waals surface area contributed by atoms with Crippen LogP contribution in [0.2, 0.25) is 0 Å². The van der Waals surface area contributed by atoms with Crippen molar-refractivity contribution in [3.63, 3.8) is 0 Å². The van der Waals surface area contributed by atoms with Crippen molar-refractivity contribution in [1.29, 1.82) is 0 Å². The number of amides is 1. The van der Waals surface area contributed by atoms with Gasteiger partial charge in [-0.05, 0) is 29.5 Å².